The number of benzene rings is 1. The smallest absolute Gasteiger partial charge is 0.351 e. The molecule has 6 nitrogen and oxygen atoms in total. The van der Waals surface area contributed by atoms with Crippen molar-refractivity contribution in [2.24, 2.45) is 0 Å². The number of amides is 1. The number of nitrogen functional groups attached to an aromatic ring is 1. The van der Waals surface area contributed by atoms with Gasteiger partial charge in [0, 0.05) is 11.4 Å². The van der Waals surface area contributed by atoms with E-state index in [1.807, 2.05) is 30.3 Å². The standard InChI is InChI=1S/C18H18N4O2S/c19-16-15-12-7-4-8-13(12)25-17(15)22(18(24)21-16)10-14(23)20-9-11-5-2-1-3-6-11/h1-3,5-6H,4,7-10H2,(H,20,23)(H2,19,21,24). The first-order valence-electron chi connectivity index (χ1n) is 8.24. The van der Waals surface area contributed by atoms with Crippen LogP contribution in [0.3, 0.4) is 0 Å². The lowest BCUT2D eigenvalue weighted by molar-refractivity contribution is -0.121. The topological polar surface area (TPSA) is 90.0 Å². The Morgan fingerprint density at radius 3 is 2.88 bits per heavy atom. The molecular formula is C18H18N4O2S. The van der Waals surface area contributed by atoms with Gasteiger partial charge in [-0.3, -0.25) is 9.36 Å². The number of nitrogens with one attached hydrogen (secondary N) is 1. The van der Waals surface area contributed by atoms with Gasteiger partial charge in [0.15, 0.2) is 0 Å². The van der Waals surface area contributed by atoms with Crippen molar-refractivity contribution in [1.82, 2.24) is 14.9 Å². The minimum absolute atomic E-state index is 0.0468. The van der Waals surface area contributed by atoms with Gasteiger partial charge in [0.05, 0.1) is 5.39 Å². The van der Waals surface area contributed by atoms with E-state index in [1.54, 1.807) is 11.3 Å². The minimum Gasteiger partial charge on any atom is -0.383 e. The molecule has 2 heterocycles. The summed E-state index contributed by atoms with van der Waals surface area (Å²) in [5.74, 6) is 0.0627. The fourth-order valence-electron chi connectivity index (χ4n) is 3.29. The van der Waals surface area contributed by atoms with Gasteiger partial charge in [-0.05, 0) is 30.4 Å². The third-order valence-corrected chi connectivity index (χ3v) is 5.80. The molecule has 0 radical (unpaired) electrons. The van der Waals surface area contributed by atoms with Gasteiger partial charge in [-0.1, -0.05) is 30.3 Å². The lowest BCUT2D eigenvalue weighted by atomic mass is 10.2. The van der Waals surface area contributed by atoms with Crippen molar-refractivity contribution in [3.05, 3.63) is 56.8 Å². The largest absolute Gasteiger partial charge is 0.383 e. The van der Waals surface area contributed by atoms with Crippen LogP contribution in [0.1, 0.15) is 22.4 Å². The Bertz CT molecular complexity index is 1010. The van der Waals surface area contributed by atoms with Crippen LogP contribution in [0.4, 0.5) is 5.82 Å². The van der Waals surface area contributed by atoms with E-state index in [0.29, 0.717) is 6.54 Å². The fourth-order valence-corrected chi connectivity index (χ4v) is 4.68. The molecule has 128 valence electrons. The average Bonchev–Trinajstić information content (AvgIpc) is 3.18. The van der Waals surface area contributed by atoms with Gasteiger partial charge in [0.25, 0.3) is 0 Å². The number of carbonyl (C=O) groups excluding carboxylic acids is 1. The number of carbonyl (C=O) groups is 1. The zero-order chi connectivity index (χ0) is 17.4. The summed E-state index contributed by atoms with van der Waals surface area (Å²) < 4.78 is 1.44. The first-order chi connectivity index (χ1) is 12.1. The first-order valence-corrected chi connectivity index (χ1v) is 9.06. The van der Waals surface area contributed by atoms with Crippen LogP contribution in [0.2, 0.25) is 0 Å². The molecule has 0 spiro atoms. The Labute approximate surface area is 148 Å². The molecule has 0 saturated heterocycles. The van der Waals surface area contributed by atoms with E-state index in [2.05, 4.69) is 10.3 Å². The van der Waals surface area contributed by atoms with E-state index in [0.717, 1.165) is 35.0 Å². The highest BCUT2D eigenvalue weighted by Crippen LogP contribution is 2.38. The molecule has 1 aliphatic rings. The molecule has 3 N–H and O–H groups in total. The second-order valence-corrected chi connectivity index (χ2v) is 7.25. The summed E-state index contributed by atoms with van der Waals surface area (Å²) in [6.45, 7) is 0.385. The van der Waals surface area contributed by atoms with Gasteiger partial charge in [0.1, 0.15) is 17.2 Å². The maximum Gasteiger partial charge on any atom is 0.351 e. The van der Waals surface area contributed by atoms with Crippen molar-refractivity contribution >= 4 is 33.3 Å². The van der Waals surface area contributed by atoms with Crippen LogP contribution >= 0.6 is 11.3 Å². The normalized spacial score (nSPS) is 13.1. The van der Waals surface area contributed by atoms with E-state index in [-0.39, 0.29) is 18.3 Å². The Balaban J connectivity index is 1.61. The molecule has 0 atom stereocenters. The number of anilines is 1. The van der Waals surface area contributed by atoms with E-state index >= 15 is 0 Å². The van der Waals surface area contributed by atoms with E-state index in [1.165, 1.54) is 15.0 Å². The molecular weight excluding hydrogens is 336 g/mol. The lowest BCUT2D eigenvalue weighted by Crippen LogP contribution is -2.33. The summed E-state index contributed by atoms with van der Waals surface area (Å²) in [6, 6.07) is 9.66. The molecule has 4 rings (SSSR count). The van der Waals surface area contributed by atoms with Gasteiger partial charge in [-0.2, -0.15) is 4.98 Å². The summed E-state index contributed by atoms with van der Waals surface area (Å²) in [5, 5.41) is 3.70. The summed E-state index contributed by atoms with van der Waals surface area (Å²) in [4.78, 5) is 30.6. The van der Waals surface area contributed by atoms with Gasteiger partial charge in [-0.15, -0.1) is 11.3 Å². The number of hydrogen-bond acceptors (Lipinski definition) is 5. The van der Waals surface area contributed by atoms with Gasteiger partial charge in [-0.25, -0.2) is 4.79 Å². The minimum atomic E-state index is -0.472. The summed E-state index contributed by atoms with van der Waals surface area (Å²) in [7, 11) is 0. The SMILES string of the molecule is Nc1nc(=O)n(CC(=O)NCc2ccccc2)c2sc3c(c12)CCC3. The monoisotopic (exact) mass is 354 g/mol. The number of thiophene rings is 1. The number of fused-ring (bicyclic) bond motifs is 3. The van der Waals surface area contributed by atoms with Gasteiger partial charge in [0.2, 0.25) is 5.91 Å². The van der Waals surface area contributed by atoms with Crippen LogP contribution < -0.4 is 16.7 Å². The maximum atomic E-state index is 12.3. The number of aryl methyl sites for hydroxylation is 2. The summed E-state index contributed by atoms with van der Waals surface area (Å²) >= 11 is 1.56. The molecule has 1 aliphatic carbocycles. The molecule has 0 unspecified atom stereocenters. The van der Waals surface area contributed by atoms with E-state index in [4.69, 9.17) is 5.73 Å². The molecule has 0 saturated carbocycles. The first kappa shape index (κ1) is 15.8. The van der Waals surface area contributed by atoms with E-state index in [9.17, 15) is 9.59 Å². The number of nitrogens with zero attached hydrogens (tertiary/aromatic N) is 2. The molecule has 0 bridgehead atoms. The van der Waals surface area contributed by atoms with Crippen molar-refractivity contribution in [1.29, 1.82) is 0 Å². The quantitative estimate of drug-likeness (QED) is 0.748. The van der Waals surface area contributed by atoms with Crippen LogP contribution in [0.5, 0.6) is 0 Å². The number of hydrogen-bond donors (Lipinski definition) is 2. The molecule has 3 aromatic rings. The third kappa shape index (κ3) is 2.91. The van der Waals surface area contributed by atoms with Gasteiger partial charge >= 0.3 is 5.69 Å². The molecule has 7 heteroatoms. The van der Waals surface area contributed by atoms with Crippen LogP contribution in [0.15, 0.2) is 35.1 Å². The fraction of sp³-hybridized carbons (Fsp3) is 0.278. The van der Waals surface area contributed by atoms with Crippen LogP contribution in [0.25, 0.3) is 10.2 Å². The van der Waals surface area contributed by atoms with Crippen LogP contribution in [-0.2, 0) is 30.7 Å². The highest BCUT2D eigenvalue weighted by atomic mass is 32.1. The van der Waals surface area contributed by atoms with E-state index < -0.39 is 5.69 Å². The third-order valence-electron chi connectivity index (χ3n) is 4.49. The average molecular weight is 354 g/mol. The Kier molecular flexibility index (Phi) is 4.01. The predicted octanol–water partition coefficient (Wildman–Crippen LogP) is 1.85. The maximum absolute atomic E-state index is 12.3. The number of aromatic nitrogens is 2. The number of rotatable bonds is 4. The zero-order valence-electron chi connectivity index (χ0n) is 13.6. The zero-order valence-corrected chi connectivity index (χ0v) is 14.4. The summed E-state index contributed by atoms with van der Waals surface area (Å²) in [6.07, 6.45) is 3.06. The molecule has 25 heavy (non-hydrogen) atoms. The lowest BCUT2D eigenvalue weighted by Gasteiger charge is -2.09. The molecule has 0 fully saturated rings. The Morgan fingerprint density at radius 2 is 2.08 bits per heavy atom. The van der Waals surface area contributed by atoms with Crippen molar-refractivity contribution in [2.75, 3.05) is 5.73 Å². The van der Waals surface area contributed by atoms with Crippen molar-refractivity contribution < 1.29 is 4.79 Å². The Hall–Kier alpha value is -2.67. The predicted molar refractivity (Wildman–Crippen MR) is 98.6 cm³/mol. The second-order valence-electron chi connectivity index (χ2n) is 6.17. The number of nitrogens with two attached hydrogens (primary N) is 1. The molecule has 2 aromatic heterocycles. The van der Waals surface area contributed by atoms with Crippen molar-refractivity contribution in [3.63, 3.8) is 0 Å². The second kappa shape index (κ2) is 6.33. The molecule has 0 aliphatic heterocycles. The highest BCUT2D eigenvalue weighted by Gasteiger charge is 2.23. The van der Waals surface area contributed by atoms with Crippen LogP contribution in [-0.4, -0.2) is 15.5 Å². The summed E-state index contributed by atoms with van der Waals surface area (Å²) in [5.41, 5.74) is 7.73. The Morgan fingerprint density at radius 1 is 1.28 bits per heavy atom. The van der Waals surface area contributed by atoms with Crippen molar-refractivity contribution in [2.45, 2.75) is 32.4 Å². The molecule has 1 amide bonds. The highest BCUT2D eigenvalue weighted by molar-refractivity contribution is 7.19. The van der Waals surface area contributed by atoms with Crippen LogP contribution in [0, 0.1) is 0 Å². The van der Waals surface area contributed by atoms with Crippen molar-refractivity contribution in [3.8, 4) is 0 Å². The van der Waals surface area contributed by atoms with Gasteiger partial charge < -0.3 is 11.1 Å². The molecule has 1 aromatic carbocycles.